The van der Waals surface area contributed by atoms with Gasteiger partial charge in [-0.15, -0.1) is 0 Å². The van der Waals surface area contributed by atoms with Crippen LogP contribution in [0.2, 0.25) is 0 Å². The van der Waals surface area contributed by atoms with Crippen LogP contribution < -0.4 is 30.8 Å². The summed E-state index contributed by atoms with van der Waals surface area (Å²) < 4.78 is 91.1. The number of anilines is 4. The summed E-state index contributed by atoms with van der Waals surface area (Å²) in [7, 11) is -9.90. The summed E-state index contributed by atoms with van der Waals surface area (Å²) in [6.07, 6.45) is -1.45. The molecule has 0 saturated carbocycles. The predicted octanol–water partition coefficient (Wildman–Crippen LogP) is 11.7. The number of aryl methyl sites for hydroxylation is 4. The third kappa shape index (κ3) is 9.68. The fourth-order valence-electron chi connectivity index (χ4n) is 8.29. The Labute approximate surface area is 392 Å². The molecule has 5 N–H and O–H groups in total. The van der Waals surface area contributed by atoms with Crippen LogP contribution in [-0.2, 0) is 20.2 Å². The minimum atomic E-state index is -5.05. The molecule has 1 heterocycles. The molecule has 1 aliphatic carbocycles. The molecule has 15 nitrogen and oxygen atoms in total. The van der Waals surface area contributed by atoms with E-state index in [2.05, 4.69) is 16.0 Å². The number of carbonyl (C=O) groups excluding carboxylic acids is 2. The molecule has 0 radical (unpaired) electrons. The lowest BCUT2D eigenvalue weighted by Gasteiger charge is -2.21. The Morgan fingerprint density at radius 2 is 1.09 bits per heavy atom. The predicted molar refractivity (Wildman–Crippen MR) is 260 cm³/mol. The number of nitrogens with zero attached hydrogens (tertiary/aromatic N) is 1. The van der Waals surface area contributed by atoms with E-state index in [1.54, 1.807) is 106 Å². The second-order valence-corrected chi connectivity index (χ2v) is 18.9. The molecule has 0 aromatic heterocycles. The maximum Gasteiger partial charge on any atom is 0.417 e. The fraction of sp³-hybridized carbons (Fsp3) is 0.118. The van der Waals surface area contributed by atoms with Crippen molar-refractivity contribution in [3.8, 4) is 33.9 Å². The summed E-state index contributed by atoms with van der Waals surface area (Å²) in [6.45, 7) is 10.8. The zero-order valence-corrected chi connectivity index (χ0v) is 39.1. The molecule has 68 heavy (non-hydrogen) atoms. The first-order chi connectivity index (χ1) is 32.3. The second kappa shape index (κ2) is 18.5. The number of benzene rings is 7. The molecule has 346 valence electrons. The van der Waals surface area contributed by atoms with Gasteiger partial charge in [0.15, 0.2) is 0 Å². The van der Waals surface area contributed by atoms with Crippen molar-refractivity contribution in [3.05, 3.63) is 166 Å². The third-order valence-corrected chi connectivity index (χ3v) is 13.1. The van der Waals surface area contributed by atoms with Gasteiger partial charge in [-0.2, -0.15) is 16.8 Å². The van der Waals surface area contributed by atoms with Gasteiger partial charge in [0.2, 0.25) is 0 Å². The number of ether oxygens (including phenoxy) is 2. The number of nitrogens with one attached hydrogen (secondary N) is 3. The third-order valence-electron chi connectivity index (χ3n) is 11.3. The molecular formula is C51H44N4O11S2. The number of fused-ring (bicyclic) bond motifs is 2. The van der Waals surface area contributed by atoms with Crippen molar-refractivity contribution in [2.75, 3.05) is 16.0 Å². The minimum absolute atomic E-state index is 0.0131. The number of hydrogen-bond donors (Lipinski definition) is 5. The zero-order chi connectivity index (χ0) is 48.7. The van der Waals surface area contributed by atoms with E-state index < -0.39 is 42.2 Å². The van der Waals surface area contributed by atoms with Crippen LogP contribution >= 0.6 is 0 Å². The van der Waals surface area contributed by atoms with Gasteiger partial charge >= 0.3 is 12.2 Å². The molecule has 17 heteroatoms. The number of amides is 2. The number of rotatable bonds is 10. The van der Waals surface area contributed by atoms with E-state index in [1.165, 1.54) is 24.3 Å². The summed E-state index contributed by atoms with van der Waals surface area (Å²) in [5.41, 5.74) is 6.82. The molecule has 0 bridgehead atoms. The van der Waals surface area contributed by atoms with E-state index in [1.807, 2.05) is 32.9 Å². The van der Waals surface area contributed by atoms with Crippen LogP contribution in [0.4, 0.5) is 38.0 Å². The monoisotopic (exact) mass is 952 g/mol. The average Bonchev–Trinajstić information content (AvgIpc) is 3.28. The van der Waals surface area contributed by atoms with E-state index in [0.717, 1.165) is 17.2 Å². The van der Waals surface area contributed by atoms with E-state index in [0.29, 0.717) is 61.9 Å². The first-order valence-corrected chi connectivity index (χ1v) is 23.8. The lowest BCUT2D eigenvalue weighted by Crippen LogP contribution is -2.19. The van der Waals surface area contributed by atoms with Gasteiger partial charge in [0.25, 0.3) is 20.2 Å². The Morgan fingerprint density at radius 1 is 0.559 bits per heavy atom. The van der Waals surface area contributed by atoms with Crippen molar-refractivity contribution in [1.29, 1.82) is 0 Å². The minimum Gasteiger partial charge on any atom is -0.456 e. The Hall–Kier alpha value is -7.83. The van der Waals surface area contributed by atoms with Crippen molar-refractivity contribution < 1.29 is 49.4 Å². The molecule has 6 aromatic carbocycles. The van der Waals surface area contributed by atoms with Crippen LogP contribution in [0.25, 0.3) is 33.4 Å². The Balaban J connectivity index is 1.30. The SMILES string of the molecule is Cc1cc(C)c(NC(=O)Oc2ccccc2)c(C)c1/N=c1/cc2oc3cc(Nc4c(C)cc(C)c(NC(=O)Oc5ccccc5)c4C)ccc3c(-c3ccccc3S(=O)(=O)O)c-2cc1S(=O)(=O)O. The van der Waals surface area contributed by atoms with Gasteiger partial charge in [-0.05, 0) is 123 Å². The lowest BCUT2D eigenvalue weighted by atomic mass is 9.93. The van der Waals surface area contributed by atoms with Gasteiger partial charge in [0, 0.05) is 45.6 Å². The van der Waals surface area contributed by atoms with Gasteiger partial charge in [0.05, 0.1) is 22.4 Å². The largest absolute Gasteiger partial charge is 0.456 e. The van der Waals surface area contributed by atoms with Gasteiger partial charge in [-0.3, -0.25) is 19.7 Å². The van der Waals surface area contributed by atoms with Crippen LogP contribution in [0.5, 0.6) is 11.5 Å². The van der Waals surface area contributed by atoms with Gasteiger partial charge in [0.1, 0.15) is 32.6 Å². The molecular weight excluding hydrogens is 909 g/mol. The standard InChI is InChI=1S/C51H44N4O11S2/c1-28-23-30(3)48(54-50(56)64-35-15-9-7-10-16-35)32(5)46(28)52-34-21-22-37-41(25-34)66-42-27-40(44(68(61,62)63)26-39(42)45(37)38-19-13-14-20-43(38)67(58,59)60)53-47-29(2)24-31(4)49(33(47)6)55-51(57)65-36-17-11-8-12-18-36/h7-27,52H,1-6H3,(H,54,56)(H,55,57)(H,58,59,60)(H,61,62,63)/b53-40-. The van der Waals surface area contributed by atoms with E-state index in [9.17, 15) is 35.5 Å². The molecule has 2 aliphatic rings. The van der Waals surface area contributed by atoms with Crippen LogP contribution in [0, 0.1) is 41.5 Å². The van der Waals surface area contributed by atoms with Gasteiger partial charge in [-0.1, -0.05) is 66.7 Å². The van der Waals surface area contributed by atoms with Gasteiger partial charge < -0.3 is 19.2 Å². The number of hydrogen-bond acceptors (Lipinski definition) is 11. The van der Waals surface area contributed by atoms with Crippen LogP contribution in [0.1, 0.15) is 33.4 Å². The van der Waals surface area contributed by atoms with Crippen molar-refractivity contribution >= 4 is 71.8 Å². The highest BCUT2D eigenvalue weighted by molar-refractivity contribution is 7.86. The number of carbonyl (C=O) groups is 2. The molecule has 0 unspecified atom stereocenters. The van der Waals surface area contributed by atoms with Crippen molar-refractivity contribution in [1.82, 2.24) is 0 Å². The molecule has 0 atom stereocenters. The summed E-state index contributed by atoms with van der Waals surface area (Å²) >= 11 is 0. The highest BCUT2D eigenvalue weighted by Gasteiger charge is 2.27. The maximum atomic E-state index is 13.3. The fourth-order valence-corrected chi connectivity index (χ4v) is 9.62. The van der Waals surface area contributed by atoms with Crippen LogP contribution in [-0.4, -0.2) is 38.1 Å². The lowest BCUT2D eigenvalue weighted by molar-refractivity contribution is 0.214. The molecule has 8 rings (SSSR count). The van der Waals surface area contributed by atoms with E-state index >= 15 is 0 Å². The van der Waals surface area contributed by atoms with E-state index in [4.69, 9.17) is 18.9 Å². The first-order valence-electron chi connectivity index (χ1n) is 21.0. The smallest absolute Gasteiger partial charge is 0.417 e. The Bertz CT molecular complexity index is 3600. The molecule has 0 saturated heterocycles. The highest BCUT2D eigenvalue weighted by Crippen LogP contribution is 2.44. The molecule has 2 amide bonds. The molecule has 1 aliphatic heterocycles. The molecule has 0 fully saturated rings. The Kier molecular flexibility index (Phi) is 12.7. The zero-order valence-electron chi connectivity index (χ0n) is 37.5. The summed E-state index contributed by atoms with van der Waals surface area (Å²) in [5, 5.41) is 9.13. The first kappa shape index (κ1) is 46.7. The van der Waals surface area contributed by atoms with Crippen molar-refractivity contribution in [3.63, 3.8) is 0 Å². The van der Waals surface area contributed by atoms with Crippen LogP contribution in [0.3, 0.4) is 0 Å². The normalized spacial score (nSPS) is 12.0. The van der Waals surface area contributed by atoms with Crippen molar-refractivity contribution in [2.24, 2.45) is 4.99 Å². The second-order valence-electron chi connectivity index (χ2n) is 16.1. The summed E-state index contributed by atoms with van der Waals surface area (Å²) in [6, 6.07) is 33.9. The summed E-state index contributed by atoms with van der Waals surface area (Å²) in [5.74, 6) is 0.713. The van der Waals surface area contributed by atoms with E-state index in [-0.39, 0.29) is 39.1 Å². The number of para-hydroxylation sites is 2. The quantitative estimate of drug-likeness (QED) is 0.0638. The Morgan fingerprint density at radius 3 is 1.68 bits per heavy atom. The van der Waals surface area contributed by atoms with Crippen molar-refractivity contribution in [2.45, 2.75) is 51.3 Å². The average molecular weight is 953 g/mol. The molecule has 6 aromatic rings. The highest BCUT2D eigenvalue weighted by atomic mass is 32.2. The van der Waals surface area contributed by atoms with Gasteiger partial charge in [-0.25, -0.2) is 14.6 Å². The summed E-state index contributed by atoms with van der Waals surface area (Å²) in [4.78, 5) is 29.7. The maximum absolute atomic E-state index is 13.3. The van der Waals surface area contributed by atoms with Crippen LogP contribution in [0.15, 0.2) is 147 Å². The topological polar surface area (TPSA) is 223 Å². The molecule has 0 spiro atoms.